The second-order valence-electron chi connectivity index (χ2n) is 9.68. The van der Waals surface area contributed by atoms with Crippen molar-refractivity contribution in [2.75, 3.05) is 46.0 Å². The van der Waals surface area contributed by atoms with Gasteiger partial charge in [-0.1, -0.05) is 26.0 Å². The predicted molar refractivity (Wildman–Crippen MR) is 134 cm³/mol. The molecule has 0 bridgehead atoms. The molecule has 0 aliphatic carbocycles. The highest BCUT2D eigenvalue weighted by molar-refractivity contribution is 6.46. The molecule has 2 aliphatic heterocycles. The number of morpholine rings is 1. The van der Waals surface area contributed by atoms with Gasteiger partial charge in [0.2, 0.25) is 0 Å². The minimum atomic E-state index is -0.816. The second kappa shape index (κ2) is 11.2. The Morgan fingerprint density at radius 3 is 2.44 bits per heavy atom. The van der Waals surface area contributed by atoms with Gasteiger partial charge in [0.15, 0.2) is 0 Å². The number of amides is 1. The quantitative estimate of drug-likeness (QED) is 0.339. The number of aryl methyl sites for hydroxylation is 1. The number of hydrogen-bond acceptors (Lipinski definition) is 6. The number of ketones is 1. The summed E-state index contributed by atoms with van der Waals surface area (Å²) >= 11 is 0. The lowest BCUT2D eigenvalue weighted by Gasteiger charge is -2.31. The number of aliphatic hydroxyl groups is 1. The summed E-state index contributed by atoms with van der Waals surface area (Å²) in [6.07, 6.45) is 0. The van der Waals surface area contributed by atoms with Crippen LogP contribution in [-0.2, 0) is 14.3 Å². The molecule has 1 N–H and O–H groups in total. The first-order valence-corrected chi connectivity index (χ1v) is 12.3. The largest absolute Gasteiger partial charge is 0.507 e. The first-order chi connectivity index (χ1) is 17.3. The fourth-order valence-electron chi connectivity index (χ4n) is 4.55. The second-order valence-corrected chi connectivity index (χ2v) is 9.68. The lowest BCUT2D eigenvalue weighted by Crippen LogP contribution is -2.42. The zero-order valence-electron chi connectivity index (χ0n) is 21.0. The number of carbonyl (C=O) groups excluding carboxylic acids is 2. The Bertz CT molecular complexity index is 1140. The molecule has 2 aliphatic rings. The number of benzene rings is 2. The van der Waals surface area contributed by atoms with Gasteiger partial charge in [-0.15, -0.1) is 0 Å². The summed E-state index contributed by atoms with van der Waals surface area (Å²) in [6, 6.07) is 10.1. The standard InChI is InChI=1S/C28H33FN2O5/c1-18(2)17-36-23-9-6-21(16-19(23)3)26(32)24-25(20-4-7-22(29)8-5-20)31(28(34)27(24)33)11-10-30-12-14-35-15-13-30/h4-9,16,18,25,32H,10-15,17H2,1-3H3/b26-24+/t25-/m1/s1. The number of aliphatic hydroxyl groups excluding tert-OH is 1. The lowest BCUT2D eigenvalue weighted by atomic mass is 9.94. The van der Waals surface area contributed by atoms with Gasteiger partial charge in [-0.25, -0.2) is 4.39 Å². The Labute approximate surface area is 211 Å². The van der Waals surface area contributed by atoms with E-state index in [9.17, 15) is 19.1 Å². The molecule has 0 aromatic heterocycles. The molecule has 0 radical (unpaired) electrons. The van der Waals surface area contributed by atoms with Gasteiger partial charge in [0.1, 0.15) is 17.3 Å². The topological polar surface area (TPSA) is 79.3 Å². The number of rotatable bonds is 8. The van der Waals surface area contributed by atoms with E-state index in [4.69, 9.17) is 9.47 Å². The summed E-state index contributed by atoms with van der Waals surface area (Å²) in [6.45, 7) is 10.1. The zero-order chi connectivity index (χ0) is 25.8. The van der Waals surface area contributed by atoms with E-state index in [0.29, 0.717) is 55.7 Å². The Morgan fingerprint density at radius 1 is 1.11 bits per heavy atom. The van der Waals surface area contributed by atoms with Crippen molar-refractivity contribution in [3.8, 4) is 5.75 Å². The van der Waals surface area contributed by atoms with Crippen molar-refractivity contribution in [2.24, 2.45) is 5.92 Å². The Kier molecular flexibility index (Phi) is 8.06. The molecule has 36 heavy (non-hydrogen) atoms. The maximum atomic E-state index is 13.7. The number of carbonyl (C=O) groups is 2. The molecule has 1 amide bonds. The SMILES string of the molecule is Cc1cc(/C(O)=C2\C(=O)C(=O)N(CCN3CCOCC3)[C@@H]2c2ccc(F)cc2)ccc1OCC(C)C. The third kappa shape index (κ3) is 5.60. The number of halogens is 1. The van der Waals surface area contributed by atoms with E-state index in [1.165, 1.54) is 17.0 Å². The molecule has 2 aromatic rings. The van der Waals surface area contributed by atoms with Crippen molar-refractivity contribution in [3.05, 3.63) is 70.5 Å². The van der Waals surface area contributed by atoms with Gasteiger partial charge in [-0.05, 0) is 54.3 Å². The van der Waals surface area contributed by atoms with Gasteiger partial charge in [-0.2, -0.15) is 0 Å². The third-order valence-electron chi connectivity index (χ3n) is 6.51. The predicted octanol–water partition coefficient (Wildman–Crippen LogP) is 3.92. The molecular formula is C28H33FN2O5. The highest BCUT2D eigenvalue weighted by atomic mass is 19.1. The highest BCUT2D eigenvalue weighted by Gasteiger charge is 2.46. The molecule has 0 spiro atoms. The average Bonchev–Trinajstić information content (AvgIpc) is 3.12. The third-order valence-corrected chi connectivity index (χ3v) is 6.51. The van der Waals surface area contributed by atoms with Crippen molar-refractivity contribution < 1.29 is 28.6 Å². The van der Waals surface area contributed by atoms with Crippen LogP contribution in [0.3, 0.4) is 0 Å². The number of ether oxygens (including phenoxy) is 2. The number of nitrogens with zero attached hydrogens (tertiary/aromatic N) is 2. The van der Waals surface area contributed by atoms with Gasteiger partial charge in [-0.3, -0.25) is 14.5 Å². The van der Waals surface area contributed by atoms with Crippen molar-refractivity contribution in [3.63, 3.8) is 0 Å². The minimum absolute atomic E-state index is 0.00355. The van der Waals surface area contributed by atoms with E-state index >= 15 is 0 Å². The highest BCUT2D eigenvalue weighted by Crippen LogP contribution is 2.39. The number of hydrogen-bond donors (Lipinski definition) is 1. The van der Waals surface area contributed by atoms with Crippen molar-refractivity contribution in [2.45, 2.75) is 26.8 Å². The Hall–Kier alpha value is -3.23. The van der Waals surface area contributed by atoms with Crippen LogP contribution in [0.2, 0.25) is 0 Å². The van der Waals surface area contributed by atoms with Crippen LogP contribution in [0.25, 0.3) is 5.76 Å². The van der Waals surface area contributed by atoms with Crippen LogP contribution in [0, 0.1) is 18.7 Å². The molecule has 2 saturated heterocycles. The molecule has 7 nitrogen and oxygen atoms in total. The van der Waals surface area contributed by atoms with E-state index in [0.717, 1.165) is 18.7 Å². The Morgan fingerprint density at radius 2 is 1.81 bits per heavy atom. The van der Waals surface area contributed by atoms with E-state index in [2.05, 4.69) is 18.7 Å². The van der Waals surface area contributed by atoms with Gasteiger partial charge in [0.25, 0.3) is 11.7 Å². The molecule has 8 heteroatoms. The zero-order valence-corrected chi connectivity index (χ0v) is 21.0. The number of likely N-dealkylation sites (tertiary alicyclic amines) is 1. The van der Waals surface area contributed by atoms with E-state index < -0.39 is 23.5 Å². The van der Waals surface area contributed by atoms with E-state index in [1.54, 1.807) is 30.3 Å². The van der Waals surface area contributed by atoms with Crippen molar-refractivity contribution in [1.82, 2.24) is 9.80 Å². The first kappa shape index (κ1) is 25.9. The van der Waals surface area contributed by atoms with Crippen LogP contribution in [-0.4, -0.2) is 72.6 Å². The summed E-state index contributed by atoms with van der Waals surface area (Å²) in [5.74, 6) is -1.04. The van der Waals surface area contributed by atoms with E-state index in [-0.39, 0.29) is 11.3 Å². The fourth-order valence-corrected chi connectivity index (χ4v) is 4.55. The smallest absolute Gasteiger partial charge is 0.295 e. The summed E-state index contributed by atoms with van der Waals surface area (Å²) < 4.78 is 24.9. The van der Waals surface area contributed by atoms with Crippen LogP contribution >= 0.6 is 0 Å². The van der Waals surface area contributed by atoms with Crippen LogP contribution in [0.15, 0.2) is 48.0 Å². The summed E-state index contributed by atoms with van der Waals surface area (Å²) in [4.78, 5) is 30.0. The van der Waals surface area contributed by atoms with Crippen LogP contribution < -0.4 is 4.74 Å². The molecule has 2 fully saturated rings. The average molecular weight is 497 g/mol. The maximum absolute atomic E-state index is 13.7. The Balaban J connectivity index is 1.69. The molecule has 192 valence electrons. The van der Waals surface area contributed by atoms with Crippen LogP contribution in [0.5, 0.6) is 5.75 Å². The van der Waals surface area contributed by atoms with Gasteiger partial charge < -0.3 is 19.5 Å². The molecular weight excluding hydrogens is 463 g/mol. The maximum Gasteiger partial charge on any atom is 0.295 e. The van der Waals surface area contributed by atoms with Gasteiger partial charge in [0, 0.05) is 31.7 Å². The molecule has 4 rings (SSSR count). The van der Waals surface area contributed by atoms with Gasteiger partial charge in [0.05, 0.1) is 31.4 Å². The molecule has 2 heterocycles. The fraction of sp³-hybridized carbons (Fsp3) is 0.429. The normalized spacial score (nSPS) is 20.4. The minimum Gasteiger partial charge on any atom is -0.507 e. The van der Waals surface area contributed by atoms with Crippen molar-refractivity contribution in [1.29, 1.82) is 0 Å². The van der Waals surface area contributed by atoms with E-state index in [1.807, 2.05) is 6.92 Å². The monoisotopic (exact) mass is 496 g/mol. The summed E-state index contributed by atoms with van der Waals surface area (Å²) in [5, 5.41) is 11.3. The number of Topliss-reactive ketones (excluding diaryl/α,β-unsaturated/α-hetero) is 1. The lowest BCUT2D eigenvalue weighted by molar-refractivity contribution is -0.140. The molecule has 0 unspecified atom stereocenters. The van der Waals surface area contributed by atoms with Crippen LogP contribution in [0.1, 0.15) is 36.6 Å². The molecule has 2 aromatic carbocycles. The molecule has 1 atom stereocenters. The summed E-state index contributed by atoms with van der Waals surface area (Å²) in [7, 11) is 0. The molecule has 0 saturated carbocycles. The van der Waals surface area contributed by atoms with Gasteiger partial charge >= 0.3 is 0 Å². The van der Waals surface area contributed by atoms with Crippen molar-refractivity contribution >= 4 is 17.4 Å². The first-order valence-electron chi connectivity index (χ1n) is 12.3. The van der Waals surface area contributed by atoms with Crippen LogP contribution in [0.4, 0.5) is 4.39 Å². The summed E-state index contributed by atoms with van der Waals surface area (Å²) in [5.41, 5.74) is 1.79.